The van der Waals surface area contributed by atoms with Gasteiger partial charge >= 0.3 is 0 Å². The van der Waals surface area contributed by atoms with E-state index in [1.165, 1.54) is 6.07 Å². The van der Waals surface area contributed by atoms with Crippen LogP contribution in [0, 0.1) is 12.7 Å². The molecule has 1 unspecified atom stereocenters. The van der Waals surface area contributed by atoms with Gasteiger partial charge in [-0.05, 0) is 31.5 Å². The number of carbonyl (C=O) groups is 2. The van der Waals surface area contributed by atoms with Gasteiger partial charge < -0.3 is 10.2 Å². The number of piperazine rings is 1. The zero-order chi connectivity index (χ0) is 16.3. The van der Waals surface area contributed by atoms with E-state index in [0.29, 0.717) is 37.4 Å². The van der Waals surface area contributed by atoms with Crippen molar-refractivity contribution in [3.05, 3.63) is 29.6 Å². The summed E-state index contributed by atoms with van der Waals surface area (Å²) in [7, 11) is 0. The molecule has 1 atom stereocenters. The third kappa shape index (κ3) is 3.82. The van der Waals surface area contributed by atoms with Crippen molar-refractivity contribution in [3.8, 4) is 0 Å². The first-order valence-corrected chi connectivity index (χ1v) is 7.45. The van der Waals surface area contributed by atoms with Crippen molar-refractivity contribution >= 4 is 17.5 Å². The van der Waals surface area contributed by atoms with Crippen LogP contribution < -0.4 is 5.32 Å². The van der Waals surface area contributed by atoms with Crippen molar-refractivity contribution in [1.29, 1.82) is 0 Å². The minimum Gasteiger partial charge on any atom is -0.340 e. The van der Waals surface area contributed by atoms with E-state index in [1.807, 2.05) is 11.8 Å². The second-order valence-corrected chi connectivity index (χ2v) is 5.67. The Labute approximate surface area is 130 Å². The molecule has 0 radical (unpaired) electrons. The van der Waals surface area contributed by atoms with E-state index in [2.05, 4.69) is 5.32 Å². The monoisotopic (exact) mass is 307 g/mol. The first-order chi connectivity index (χ1) is 10.4. The number of nitrogens with zero attached hydrogens (tertiary/aromatic N) is 2. The summed E-state index contributed by atoms with van der Waals surface area (Å²) in [6.45, 7) is 7.64. The Kier molecular flexibility index (Phi) is 5.13. The van der Waals surface area contributed by atoms with E-state index in [9.17, 15) is 14.0 Å². The molecule has 1 heterocycles. The first kappa shape index (κ1) is 16.4. The van der Waals surface area contributed by atoms with Gasteiger partial charge in [0.15, 0.2) is 0 Å². The maximum atomic E-state index is 13.5. The molecule has 0 spiro atoms. The van der Waals surface area contributed by atoms with E-state index in [-0.39, 0.29) is 23.7 Å². The highest BCUT2D eigenvalue weighted by atomic mass is 19.1. The Bertz CT molecular complexity index is 569. The third-order valence-electron chi connectivity index (χ3n) is 4.13. The molecule has 1 aromatic rings. The molecule has 6 heteroatoms. The lowest BCUT2D eigenvalue weighted by Crippen LogP contribution is -2.53. The van der Waals surface area contributed by atoms with Crippen LogP contribution in [0.4, 0.5) is 10.1 Å². The van der Waals surface area contributed by atoms with Crippen LogP contribution in [-0.2, 0) is 9.59 Å². The molecule has 0 aliphatic carbocycles. The van der Waals surface area contributed by atoms with Crippen LogP contribution in [0.5, 0.6) is 0 Å². The van der Waals surface area contributed by atoms with E-state index in [4.69, 9.17) is 0 Å². The minimum absolute atomic E-state index is 0.0619. The van der Waals surface area contributed by atoms with Crippen LogP contribution in [0.3, 0.4) is 0 Å². The molecule has 1 aromatic carbocycles. The van der Waals surface area contributed by atoms with Gasteiger partial charge in [-0.15, -0.1) is 0 Å². The highest BCUT2D eigenvalue weighted by molar-refractivity contribution is 5.94. The number of carbonyl (C=O) groups excluding carboxylic acids is 2. The van der Waals surface area contributed by atoms with Crippen LogP contribution in [0.15, 0.2) is 18.2 Å². The number of nitrogens with one attached hydrogen (secondary N) is 1. The number of hydrogen-bond acceptors (Lipinski definition) is 3. The zero-order valence-electron chi connectivity index (χ0n) is 13.2. The van der Waals surface area contributed by atoms with Crippen molar-refractivity contribution in [3.63, 3.8) is 0 Å². The molecule has 22 heavy (non-hydrogen) atoms. The molecule has 1 fully saturated rings. The predicted molar refractivity (Wildman–Crippen MR) is 83.1 cm³/mol. The lowest BCUT2D eigenvalue weighted by atomic mass is 10.2. The van der Waals surface area contributed by atoms with Crippen LogP contribution in [-0.4, -0.2) is 53.8 Å². The normalized spacial score (nSPS) is 17.2. The Hall–Kier alpha value is -1.95. The van der Waals surface area contributed by atoms with Gasteiger partial charge in [0.25, 0.3) is 0 Å². The van der Waals surface area contributed by atoms with Gasteiger partial charge in [0.05, 0.1) is 6.04 Å². The Balaban J connectivity index is 1.92. The molecule has 2 amide bonds. The van der Waals surface area contributed by atoms with E-state index in [1.54, 1.807) is 30.9 Å². The van der Waals surface area contributed by atoms with E-state index < -0.39 is 0 Å². The molecule has 0 aromatic heterocycles. The van der Waals surface area contributed by atoms with Crippen LogP contribution in [0.1, 0.15) is 19.4 Å². The first-order valence-electron chi connectivity index (χ1n) is 7.45. The van der Waals surface area contributed by atoms with Crippen LogP contribution in [0.2, 0.25) is 0 Å². The van der Waals surface area contributed by atoms with Gasteiger partial charge in [-0.25, -0.2) is 4.39 Å². The highest BCUT2D eigenvalue weighted by Crippen LogP contribution is 2.15. The minimum atomic E-state index is -0.333. The van der Waals surface area contributed by atoms with Gasteiger partial charge in [-0.1, -0.05) is 6.07 Å². The largest absolute Gasteiger partial charge is 0.340 e. The summed E-state index contributed by atoms with van der Waals surface area (Å²) in [4.78, 5) is 27.4. The molecule has 0 bridgehead atoms. The molecular weight excluding hydrogens is 285 g/mol. The number of hydrogen-bond donors (Lipinski definition) is 1. The Morgan fingerprint density at radius 1 is 1.23 bits per heavy atom. The van der Waals surface area contributed by atoms with Gasteiger partial charge in [-0.2, -0.15) is 0 Å². The number of aryl methyl sites for hydroxylation is 1. The number of benzene rings is 1. The van der Waals surface area contributed by atoms with Crippen molar-refractivity contribution in [2.75, 3.05) is 31.5 Å². The standard InChI is InChI=1S/C16H22FN3O2/c1-11-4-5-14(10-15(11)17)18-16(22)12(2)19-6-8-20(9-7-19)13(3)21/h4-5,10,12H,6-9H2,1-3H3,(H,18,22). The summed E-state index contributed by atoms with van der Waals surface area (Å²) in [5.74, 6) is -0.438. The molecule has 2 rings (SSSR count). The average Bonchev–Trinajstić information content (AvgIpc) is 2.50. The van der Waals surface area contributed by atoms with Gasteiger partial charge in [-0.3, -0.25) is 14.5 Å². The zero-order valence-corrected chi connectivity index (χ0v) is 13.2. The summed E-state index contributed by atoms with van der Waals surface area (Å²) >= 11 is 0. The fourth-order valence-electron chi connectivity index (χ4n) is 2.51. The second-order valence-electron chi connectivity index (χ2n) is 5.67. The molecular formula is C16H22FN3O2. The molecule has 1 aliphatic heterocycles. The van der Waals surface area contributed by atoms with Crippen LogP contribution in [0.25, 0.3) is 0 Å². The summed E-state index contributed by atoms with van der Waals surface area (Å²) < 4.78 is 13.5. The van der Waals surface area contributed by atoms with Crippen molar-refractivity contribution in [2.45, 2.75) is 26.8 Å². The number of anilines is 1. The highest BCUT2D eigenvalue weighted by Gasteiger charge is 2.26. The van der Waals surface area contributed by atoms with Crippen LogP contribution >= 0.6 is 0 Å². The number of rotatable bonds is 3. The smallest absolute Gasteiger partial charge is 0.241 e. The van der Waals surface area contributed by atoms with E-state index in [0.717, 1.165) is 0 Å². The molecule has 0 saturated carbocycles. The Morgan fingerprint density at radius 2 is 1.86 bits per heavy atom. The molecule has 1 N–H and O–H groups in total. The molecule has 1 aliphatic rings. The lowest BCUT2D eigenvalue weighted by molar-refractivity contribution is -0.131. The summed E-state index contributed by atoms with van der Waals surface area (Å²) in [5, 5.41) is 2.74. The topological polar surface area (TPSA) is 52.7 Å². The second kappa shape index (κ2) is 6.87. The van der Waals surface area contributed by atoms with Crippen molar-refractivity contribution in [2.24, 2.45) is 0 Å². The quantitative estimate of drug-likeness (QED) is 0.923. The van der Waals surface area contributed by atoms with Gasteiger partial charge in [0.2, 0.25) is 11.8 Å². The Morgan fingerprint density at radius 3 is 2.41 bits per heavy atom. The van der Waals surface area contributed by atoms with Gasteiger partial charge in [0.1, 0.15) is 5.82 Å². The maximum absolute atomic E-state index is 13.5. The van der Waals surface area contributed by atoms with Gasteiger partial charge in [0, 0.05) is 38.8 Å². The number of halogens is 1. The lowest BCUT2D eigenvalue weighted by Gasteiger charge is -2.37. The molecule has 1 saturated heterocycles. The summed E-state index contributed by atoms with van der Waals surface area (Å²) in [6, 6.07) is 4.34. The average molecular weight is 307 g/mol. The summed E-state index contributed by atoms with van der Waals surface area (Å²) in [6.07, 6.45) is 0. The fourth-order valence-corrected chi connectivity index (χ4v) is 2.51. The van der Waals surface area contributed by atoms with E-state index >= 15 is 0 Å². The van der Waals surface area contributed by atoms with Crippen molar-refractivity contribution < 1.29 is 14.0 Å². The number of amides is 2. The summed E-state index contributed by atoms with van der Waals surface area (Å²) in [5.41, 5.74) is 1.01. The van der Waals surface area contributed by atoms with Crippen molar-refractivity contribution in [1.82, 2.24) is 9.80 Å². The predicted octanol–water partition coefficient (Wildman–Crippen LogP) is 1.63. The maximum Gasteiger partial charge on any atom is 0.241 e. The SMILES string of the molecule is CC(=O)N1CCN(C(C)C(=O)Nc2ccc(C)c(F)c2)CC1. The fraction of sp³-hybridized carbons (Fsp3) is 0.500. The molecule has 120 valence electrons. The molecule has 5 nitrogen and oxygen atoms in total. The third-order valence-corrected chi connectivity index (χ3v) is 4.13.